The van der Waals surface area contributed by atoms with E-state index < -0.39 is 0 Å². The number of methoxy groups -OCH3 is 1. The third-order valence-electron chi connectivity index (χ3n) is 0.348. The van der Waals surface area contributed by atoms with E-state index in [-0.39, 0.29) is 11.7 Å². The van der Waals surface area contributed by atoms with Crippen molar-refractivity contribution in [3.8, 4) is 0 Å². The second-order valence-corrected chi connectivity index (χ2v) is 2.43. The van der Waals surface area contributed by atoms with Crippen LogP contribution < -0.4 is 5.73 Å². The molecule has 0 radical (unpaired) electrons. The monoisotopic (exact) mass is 189 g/mol. The molecule has 0 aromatic heterocycles. The highest BCUT2D eigenvalue weighted by Gasteiger charge is 1.65. The SMILES string of the molecule is C=C(C)OC.CC(C)=O.CC(N)=O. The van der Waals surface area contributed by atoms with Gasteiger partial charge in [-0.25, -0.2) is 0 Å². The molecule has 13 heavy (non-hydrogen) atoms. The molecule has 0 aromatic rings. The number of hydrogen-bond acceptors (Lipinski definition) is 3. The van der Waals surface area contributed by atoms with Crippen LogP contribution in [0.3, 0.4) is 0 Å². The van der Waals surface area contributed by atoms with Gasteiger partial charge in [-0.2, -0.15) is 0 Å². The lowest BCUT2D eigenvalue weighted by Crippen LogP contribution is -2.01. The van der Waals surface area contributed by atoms with Crippen molar-refractivity contribution in [2.75, 3.05) is 7.11 Å². The summed E-state index contributed by atoms with van der Waals surface area (Å²) in [7, 11) is 1.60. The quantitative estimate of drug-likeness (QED) is 0.631. The molecule has 4 heteroatoms. The van der Waals surface area contributed by atoms with Gasteiger partial charge in [0, 0.05) is 6.92 Å². The van der Waals surface area contributed by atoms with Crippen molar-refractivity contribution in [3.63, 3.8) is 0 Å². The number of ketones is 1. The van der Waals surface area contributed by atoms with Crippen LogP contribution in [0.4, 0.5) is 0 Å². The lowest BCUT2D eigenvalue weighted by atomic mass is 10.6. The number of ether oxygens (including phenoxy) is 1. The fraction of sp³-hybridized carbons (Fsp3) is 0.556. The first kappa shape index (κ1) is 17.7. The molecule has 0 heterocycles. The van der Waals surface area contributed by atoms with Crippen molar-refractivity contribution in [2.24, 2.45) is 5.73 Å². The van der Waals surface area contributed by atoms with Crippen LogP contribution in [0.15, 0.2) is 12.3 Å². The molecule has 0 atom stereocenters. The Hall–Kier alpha value is -1.32. The van der Waals surface area contributed by atoms with Crippen molar-refractivity contribution in [2.45, 2.75) is 27.7 Å². The molecule has 0 saturated heterocycles. The molecule has 0 saturated carbocycles. The van der Waals surface area contributed by atoms with Crippen LogP contribution in [0, 0.1) is 0 Å². The van der Waals surface area contributed by atoms with E-state index >= 15 is 0 Å². The Kier molecular flexibility index (Phi) is 18.1. The summed E-state index contributed by atoms with van der Waals surface area (Å²) in [6, 6.07) is 0. The lowest BCUT2D eigenvalue weighted by Gasteiger charge is -1.88. The number of hydrogen-bond donors (Lipinski definition) is 1. The van der Waals surface area contributed by atoms with Crippen molar-refractivity contribution in [1.29, 1.82) is 0 Å². The van der Waals surface area contributed by atoms with E-state index in [4.69, 9.17) is 0 Å². The second kappa shape index (κ2) is 13.3. The van der Waals surface area contributed by atoms with Gasteiger partial charge in [0.05, 0.1) is 12.9 Å². The first-order valence-electron chi connectivity index (χ1n) is 3.66. The molecule has 0 unspecified atom stereocenters. The molecule has 0 aliphatic heterocycles. The molecule has 4 nitrogen and oxygen atoms in total. The molecule has 78 valence electrons. The summed E-state index contributed by atoms with van der Waals surface area (Å²) in [5.74, 6) is 0.588. The maximum atomic E-state index is 9.44. The highest BCUT2D eigenvalue weighted by atomic mass is 16.5. The van der Waals surface area contributed by atoms with Gasteiger partial charge in [-0.3, -0.25) is 4.79 Å². The van der Waals surface area contributed by atoms with Crippen molar-refractivity contribution >= 4 is 11.7 Å². The summed E-state index contributed by atoms with van der Waals surface area (Å²) in [5.41, 5.74) is 4.47. The van der Waals surface area contributed by atoms with Gasteiger partial charge in [0.25, 0.3) is 0 Å². The number of carbonyl (C=O) groups is 2. The van der Waals surface area contributed by atoms with Crippen LogP contribution >= 0.6 is 0 Å². The van der Waals surface area contributed by atoms with Gasteiger partial charge in [0.1, 0.15) is 5.78 Å². The Balaban J connectivity index is -0.000000117. The summed E-state index contributed by atoms with van der Waals surface area (Å²) in [6.45, 7) is 9.62. The van der Waals surface area contributed by atoms with Crippen molar-refractivity contribution in [3.05, 3.63) is 12.3 Å². The normalized spacial score (nSPS) is 6.54. The van der Waals surface area contributed by atoms with Crippen LogP contribution in [0.1, 0.15) is 27.7 Å². The Morgan fingerprint density at radius 3 is 1.23 bits per heavy atom. The first-order chi connectivity index (χ1) is 5.73. The van der Waals surface area contributed by atoms with Gasteiger partial charge < -0.3 is 15.3 Å². The lowest BCUT2D eigenvalue weighted by molar-refractivity contribution is -0.116. The van der Waals surface area contributed by atoms with Gasteiger partial charge in [-0.15, -0.1) is 0 Å². The number of allylic oxidation sites excluding steroid dienone is 1. The molecule has 0 bridgehead atoms. The minimum Gasteiger partial charge on any atom is -0.502 e. The summed E-state index contributed by atoms with van der Waals surface area (Å²) in [4.78, 5) is 18.7. The van der Waals surface area contributed by atoms with Crippen LogP contribution in [-0.4, -0.2) is 18.8 Å². The predicted octanol–water partition coefficient (Wildman–Crippen LogP) is 1.25. The molecule has 0 rings (SSSR count). The van der Waals surface area contributed by atoms with E-state index in [1.807, 2.05) is 0 Å². The Labute approximate surface area is 79.8 Å². The maximum Gasteiger partial charge on any atom is 0.214 e. The smallest absolute Gasteiger partial charge is 0.214 e. The number of primary amides is 1. The number of Topliss-reactive ketones (excluding diaryl/α,β-unsaturated/α-hetero) is 1. The zero-order chi connectivity index (χ0) is 11.4. The highest BCUT2D eigenvalue weighted by Crippen LogP contribution is 1.80. The average molecular weight is 189 g/mol. The zero-order valence-electron chi connectivity index (χ0n) is 9.01. The van der Waals surface area contributed by atoms with Crippen LogP contribution in [0.2, 0.25) is 0 Å². The fourth-order valence-electron chi connectivity index (χ4n) is 0. The van der Waals surface area contributed by atoms with Gasteiger partial charge in [-0.1, -0.05) is 6.58 Å². The van der Waals surface area contributed by atoms with Crippen LogP contribution in [0.5, 0.6) is 0 Å². The Morgan fingerprint density at radius 1 is 1.15 bits per heavy atom. The minimum absolute atomic E-state index is 0.167. The minimum atomic E-state index is -0.333. The van der Waals surface area contributed by atoms with E-state index in [9.17, 15) is 9.59 Å². The van der Waals surface area contributed by atoms with E-state index in [0.29, 0.717) is 0 Å². The number of rotatable bonds is 1. The molecule has 2 N–H and O–H groups in total. The number of carbonyl (C=O) groups excluding carboxylic acids is 2. The molecular weight excluding hydrogens is 170 g/mol. The fourth-order valence-corrected chi connectivity index (χ4v) is 0. The van der Waals surface area contributed by atoms with Gasteiger partial charge in [0.2, 0.25) is 5.91 Å². The third-order valence-corrected chi connectivity index (χ3v) is 0.348. The highest BCUT2D eigenvalue weighted by molar-refractivity contribution is 5.72. The Bertz CT molecular complexity index is 144. The first-order valence-corrected chi connectivity index (χ1v) is 3.66. The maximum absolute atomic E-state index is 9.44. The van der Waals surface area contributed by atoms with E-state index in [1.54, 1.807) is 14.0 Å². The van der Waals surface area contributed by atoms with E-state index in [1.165, 1.54) is 20.8 Å². The predicted molar refractivity (Wildman–Crippen MR) is 53.0 cm³/mol. The summed E-state index contributed by atoms with van der Waals surface area (Å²) in [6.07, 6.45) is 0. The van der Waals surface area contributed by atoms with Crippen LogP contribution in [0.25, 0.3) is 0 Å². The molecule has 0 aliphatic carbocycles. The zero-order valence-corrected chi connectivity index (χ0v) is 9.01. The van der Waals surface area contributed by atoms with Crippen molar-refractivity contribution in [1.82, 2.24) is 0 Å². The summed E-state index contributed by atoms with van der Waals surface area (Å²) >= 11 is 0. The topological polar surface area (TPSA) is 69.4 Å². The second-order valence-electron chi connectivity index (χ2n) is 2.43. The number of nitrogens with two attached hydrogens (primary N) is 1. The van der Waals surface area contributed by atoms with Gasteiger partial charge >= 0.3 is 0 Å². The number of amides is 1. The van der Waals surface area contributed by atoms with Gasteiger partial charge in [0.15, 0.2) is 0 Å². The van der Waals surface area contributed by atoms with Gasteiger partial charge in [-0.05, 0) is 20.8 Å². The summed E-state index contributed by atoms with van der Waals surface area (Å²) in [5, 5.41) is 0. The molecule has 0 fully saturated rings. The molecule has 1 amide bonds. The van der Waals surface area contributed by atoms with E-state index in [2.05, 4.69) is 17.0 Å². The summed E-state index contributed by atoms with van der Waals surface area (Å²) < 4.78 is 4.56. The largest absolute Gasteiger partial charge is 0.502 e. The average Bonchev–Trinajstić information content (AvgIpc) is 1.84. The van der Waals surface area contributed by atoms with Crippen LogP contribution in [-0.2, 0) is 14.3 Å². The molecule has 0 spiro atoms. The van der Waals surface area contributed by atoms with Crippen molar-refractivity contribution < 1.29 is 14.3 Å². The third kappa shape index (κ3) is 1740. The molecule has 0 aromatic carbocycles. The molecular formula is C9H19NO3. The molecule has 0 aliphatic rings. The standard InChI is InChI=1S/C4H8O.C3H6O.C2H5NO/c1-4(2)5-3;1-3(2)4;1-2(3)4/h1H2,2-3H3;1-2H3;1H3,(H2,3,4). The van der Waals surface area contributed by atoms with E-state index in [0.717, 1.165) is 5.76 Å². The Morgan fingerprint density at radius 2 is 1.23 bits per heavy atom.